The van der Waals surface area contributed by atoms with E-state index >= 15 is 0 Å². The summed E-state index contributed by atoms with van der Waals surface area (Å²) in [6, 6.07) is 0. The number of aliphatic hydroxyl groups excluding tert-OH is 1. The third kappa shape index (κ3) is 70.9. The maximum absolute atomic E-state index is 13.1. The summed E-state index contributed by atoms with van der Waals surface area (Å²) in [6.45, 7) is 11.9. The Morgan fingerprint density at radius 2 is 0.526 bits per heavy atom. The predicted octanol–water partition coefficient (Wildman–Crippen LogP) is 23.0. The Hall–Kier alpha value is -1.94. The average molecular weight is 1420 g/mol. The van der Waals surface area contributed by atoms with Gasteiger partial charge in [0.2, 0.25) is 0 Å². The lowest BCUT2D eigenvalue weighted by Gasteiger charge is -2.21. The second-order valence-electron chi connectivity index (χ2n) is 29.3. The molecule has 0 saturated heterocycles. The topological polar surface area (TPSA) is 237 Å². The number of ether oxygens (including phenoxy) is 4. The molecule has 0 amide bonds. The van der Waals surface area contributed by atoms with Gasteiger partial charge in [0, 0.05) is 25.7 Å². The molecule has 6 atom stereocenters. The first-order valence-electron chi connectivity index (χ1n) is 40.4. The number of hydrogen-bond acceptors (Lipinski definition) is 15. The molecule has 0 aromatic heterocycles. The van der Waals surface area contributed by atoms with Gasteiger partial charge in [0.1, 0.15) is 19.3 Å². The zero-order valence-corrected chi connectivity index (χ0v) is 65.3. The lowest BCUT2D eigenvalue weighted by molar-refractivity contribution is -0.161. The highest BCUT2D eigenvalue weighted by Crippen LogP contribution is 2.45. The number of esters is 4. The van der Waals surface area contributed by atoms with E-state index < -0.39 is 97.5 Å². The summed E-state index contributed by atoms with van der Waals surface area (Å²) in [5, 5.41) is 10.6. The molecule has 0 spiro atoms. The third-order valence-electron chi connectivity index (χ3n) is 18.5. The first-order valence-corrected chi connectivity index (χ1v) is 43.4. The van der Waals surface area contributed by atoms with Gasteiger partial charge < -0.3 is 33.8 Å². The lowest BCUT2D eigenvalue weighted by Crippen LogP contribution is -2.30. The van der Waals surface area contributed by atoms with E-state index in [0.29, 0.717) is 31.6 Å². The molecular weight excluding hydrogens is 1270 g/mol. The molecule has 17 nitrogen and oxygen atoms in total. The van der Waals surface area contributed by atoms with Gasteiger partial charge in [-0.2, -0.15) is 0 Å². The van der Waals surface area contributed by atoms with Crippen LogP contribution in [0.5, 0.6) is 0 Å². The molecule has 0 aromatic carbocycles. The number of phosphoric ester groups is 2. The van der Waals surface area contributed by atoms with Crippen molar-refractivity contribution in [3.63, 3.8) is 0 Å². The minimum Gasteiger partial charge on any atom is -0.462 e. The fourth-order valence-corrected chi connectivity index (χ4v) is 13.5. The molecular formula is C78H152O17P2. The highest BCUT2D eigenvalue weighted by molar-refractivity contribution is 7.47. The Morgan fingerprint density at radius 3 is 0.784 bits per heavy atom. The van der Waals surface area contributed by atoms with E-state index in [-0.39, 0.29) is 25.7 Å². The number of carbonyl (C=O) groups is 4. The maximum Gasteiger partial charge on any atom is 0.472 e. The van der Waals surface area contributed by atoms with Crippen molar-refractivity contribution >= 4 is 39.5 Å². The Kier molecular flexibility index (Phi) is 67.1. The fourth-order valence-electron chi connectivity index (χ4n) is 11.9. The summed E-state index contributed by atoms with van der Waals surface area (Å²) in [4.78, 5) is 72.8. The number of aliphatic hydroxyl groups is 1. The van der Waals surface area contributed by atoms with E-state index in [1.807, 2.05) is 0 Å². The largest absolute Gasteiger partial charge is 0.472 e. The smallest absolute Gasteiger partial charge is 0.462 e. The van der Waals surface area contributed by atoms with Gasteiger partial charge in [-0.05, 0) is 43.4 Å². The molecule has 0 aliphatic heterocycles. The average Bonchev–Trinajstić information content (AvgIpc) is 1.33. The zero-order chi connectivity index (χ0) is 71.6. The number of carbonyl (C=O) groups excluding carboxylic acids is 4. The fraction of sp³-hybridized carbons (Fsp3) is 0.949. The summed E-state index contributed by atoms with van der Waals surface area (Å²) < 4.78 is 68.6. The molecule has 0 heterocycles. The van der Waals surface area contributed by atoms with E-state index in [9.17, 15) is 43.2 Å². The van der Waals surface area contributed by atoms with Crippen LogP contribution in [0.1, 0.15) is 402 Å². The summed E-state index contributed by atoms with van der Waals surface area (Å²) in [7, 11) is -9.91. The van der Waals surface area contributed by atoms with Gasteiger partial charge in [0.05, 0.1) is 26.4 Å². The molecule has 0 fully saturated rings. The Bertz CT molecular complexity index is 1890. The van der Waals surface area contributed by atoms with Crippen molar-refractivity contribution in [3.05, 3.63) is 0 Å². The molecule has 576 valence electrons. The molecule has 3 unspecified atom stereocenters. The van der Waals surface area contributed by atoms with Crippen molar-refractivity contribution in [3.8, 4) is 0 Å². The van der Waals surface area contributed by atoms with Gasteiger partial charge in [0.15, 0.2) is 12.2 Å². The molecule has 0 aliphatic carbocycles. The summed E-state index contributed by atoms with van der Waals surface area (Å²) in [5.74, 6) is 0.216. The second kappa shape index (κ2) is 68.5. The van der Waals surface area contributed by atoms with E-state index in [2.05, 4.69) is 48.5 Å². The minimum atomic E-state index is -4.96. The SMILES string of the molecule is CCCCCCCCCCCCCCC(=O)O[C@H](COC(=O)CCCCCCCCC(C)C)COP(=O)(O)OC[C@H](O)COP(=O)(O)OC[C@@H](COC(=O)CCCCCCCCCCCCCCCCC(C)CC)OC(=O)CCCCCCCCCCCCCCCCCC(C)C. The van der Waals surface area contributed by atoms with Crippen molar-refractivity contribution < 1.29 is 80.2 Å². The lowest BCUT2D eigenvalue weighted by atomic mass is 9.99. The molecule has 0 bridgehead atoms. The Morgan fingerprint density at radius 1 is 0.299 bits per heavy atom. The second-order valence-corrected chi connectivity index (χ2v) is 32.2. The van der Waals surface area contributed by atoms with Crippen LogP contribution < -0.4 is 0 Å². The van der Waals surface area contributed by atoms with Gasteiger partial charge in [-0.15, -0.1) is 0 Å². The highest BCUT2D eigenvalue weighted by atomic mass is 31.2. The van der Waals surface area contributed by atoms with Crippen LogP contribution in [0, 0.1) is 17.8 Å². The molecule has 97 heavy (non-hydrogen) atoms. The van der Waals surface area contributed by atoms with Crippen molar-refractivity contribution in [2.45, 2.75) is 420 Å². The number of unbranched alkanes of at least 4 members (excludes halogenated alkanes) is 43. The molecule has 19 heteroatoms. The van der Waals surface area contributed by atoms with Crippen LogP contribution >= 0.6 is 15.6 Å². The van der Waals surface area contributed by atoms with Gasteiger partial charge >= 0.3 is 39.5 Å². The van der Waals surface area contributed by atoms with Crippen molar-refractivity contribution in [1.82, 2.24) is 0 Å². The summed E-state index contributed by atoms with van der Waals surface area (Å²) >= 11 is 0. The minimum absolute atomic E-state index is 0.106. The van der Waals surface area contributed by atoms with Crippen molar-refractivity contribution in [2.75, 3.05) is 39.6 Å². The van der Waals surface area contributed by atoms with E-state index in [1.165, 1.54) is 205 Å². The van der Waals surface area contributed by atoms with Crippen LogP contribution in [0.25, 0.3) is 0 Å². The molecule has 3 N–H and O–H groups in total. The monoisotopic (exact) mass is 1420 g/mol. The summed E-state index contributed by atoms with van der Waals surface area (Å²) in [6.07, 6.45) is 55.5. The van der Waals surface area contributed by atoms with Gasteiger partial charge in [0.25, 0.3) is 0 Å². The van der Waals surface area contributed by atoms with Crippen molar-refractivity contribution in [2.24, 2.45) is 17.8 Å². The Labute approximate surface area is 594 Å². The van der Waals surface area contributed by atoms with Gasteiger partial charge in [-0.3, -0.25) is 37.3 Å². The van der Waals surface area contributed by atoms with Crippen LogP contribution in [0.15, 0.2) is 0 Å². The number of rotatable bonds is 76. The zero-order valence-electron chi connectivity index (χ0n) is 63.5. The van der Waals surface area contributed by atoms with E-state index in [1.54, 1.807) is 0 Å². The Balaban J connectivity index is 5.22. The summed E-state index contributed by atoms with van der Waals surface area (Å²) in [5.41, 5.74) is 0. The predicted molar refractivity (Wildman–Crippen MR) is 395 cm³/mol. The van der Waals surface area contributed by atoms with Gasteiger partial charge in [-0.1, -0.05) is 350 Å². The van der Waals surface area contributed by atoms with Crippen LogP contribution in [-0.2, 0) is 65.4 Å². The van der Waals surface area contributed by atoms with Crippen LogP contribution in [-0.4, -0.2) is 96.7 Å². The quantitative estimate of drug-likeness (QED) is 0.0222. The molecule has 0 saturated carbocycles. The highest BCUT2D eigenvalue weighted by Gasteiger charge is 2.30. The normalized spacial score (nSPS) is 14.3. The van der Waals surface area contributed by atoms with Crippen LogP contribution in [0.2, 0.25) is 0 Å². The van der Waals surface area contributed by atoms with E-state index in [4.69, 9.17) is 37.0 Å². The third-order valence-corrected chi connectivity index (χ3v) is 20.4. The number of hydrogen-bond donors (Lipinski definition) is 3. The number of phosphoric acid groups is 2. The standard InChI is InChI=1S/C78H152O17P2/c1-8-10-11-12-13-14-15-27-33-38-47-54-61-77(82)95-74(66-89-76(81)60-53-46-41-40-43-50-57-70(5)6)68-93-97(86,87)91-64-72(79)63-90-96(84,85)92-67-73(94-78(83)62-55-48-39-34-29-24-18-16-17-21-25-30-35-42-49-56-69(3)4)65-88-75(80)59-52-45-37-32-28-23-20-19-22-26-31-36-44-51-58-71(7)9-2/h69-74,79H,8-68H2,1-7H3,(H,84,85)(H,86,87)/t71?,72-,73-,74-/m1/s1. The first-order chi connectivity index (χ1) is 46.8. The maximum atomic E-state index is 13.1. The molecule has 0 aliphatic rings. The van der Waals surface area contributed by atoms with Crippen LogP contribution in [0.3, 0.4) is 0 Å². The molecule has 0 aromatic rings. The van der Waals surface area contributed by atoms with E-state index in [0.717, 1.165) is 108 Å². The first kappa shape index (κ1) is 95.1. The van der Waals surface area contributed by atoms with Crippen LogP contribution in [0.4, 0.5) is 0 Å². The van der Waals surface area contributed by atoms with Gasteiger partial charge in [-0.25, -0.2) is 9.13 Å². The molecule has 0 radical (unpaired) electrons. The molecule has 0 rings (SSSR count). The van der Waals surface area contributed by atoms with Crippen molar-refractivity contribution in [1.29, 1.82) is 0 Å².